The van der Waals surface area contributed by atoms with E-state index >= 15 is 0 Å². The van der Waals surface area contributed by atoms with Gasteiger partial charge in [-0.15, -0.1) is 0 Å². The molecule has 236 valence electrons. The molecule has 0 aromatic carbocycles. The van der Waals surface area contributed by atoms with Crippen LogP contribution >= 0.6 is 0 Å². The van der Waals surface area contributed by atoms with Crippen molar-refractivity contribution < 1.29 is 18.3 Å². The van der Waals surface area contributed by atoms with Gasteiger partial charge in [-0.2, -0.15) is 23.5 Å². The molecule has 0 bridgehead atoms. The number of rotatable bonds is 9. The molecule has 7 rings (SSSR count). The highest BCUT2D eigenvalue weighted by Gasteiger charge is 2.49. The van der Waals surface area contributed by atoms with Crippen molar-refractivity contribution in [3.63, 3.8) is 0 Å². The van der Waals surface area contributed by atoms with E-state index in [0.717, 1.165) is 61.1 Å². The van der Waals surface area contributed by atoms with Crippen LogP contribution in [0.5, 0.6) is 0 Å². The lowest BCUT2D eigenvalue weighted by atomic mass is 9.69. The highest BCUT2D eigenvalue weighted by atomic mass is 19.4. The molecule has 5 heterocycles. The summed E-state index contributed by atoms with van der Waals surface area (Å²) in [6.07, 6.45) is 6.71. The molecule has 15 heteroatoms. The number of aliphatic hydroxyl groups is 1. The standard InChI is InChI=1S/C30H34F3N11O/c31-30(32,33)28-41-21(15-36-20-9-23(45)10-20)11-25(42-28)40-19-2-7-43(8-3-19)22-12-29(13-22,4-5-34)44-16-18(14-39-44)26-24-1-6-35-27(24)38-17-37-26/h1,6,11,14,16-17,19-20,22-23,36,45H,2-4,7-10,12-13,15H2,(H,35,37,38)(H,40,41,42). The topological polar surface area (TPSA) is 156 Å². The molecule has 0 radical (unpaired) electrons. The highest BCUT2D eigenvalue weighted by Crippen LogP contribution is 2.45. The first-order chi connectivity index (χ1) is 21.7. The number of aromatic amines is 1. The lowest BCUT2D eigenvalue weighted by Gasteiger charge is -2.52. The SMILES string of the molecule is N#CCC1(n2cc(-c3ncnc4[nH]ccc34)cn2)CC(N2CCC(Nc3cc(CNC4CC(O)C4)nc(C(F)(F)F)n3)CC2)C1. The number of hydrogen-bond acceptors (Lipinski definition) is 10. The normalized spacial score (nSPS) is 25.9. The fourth-order valence-corrected chi connectivity index (χ4v) is 6.85. The lowest BCUT2D eigenvalue weighted by molar-refractivity contribution is -0.145. The molecule has 12 nitrogen and oxygen atoms in total. The van der Waals surface area contributed by atoms with Gasteiger partial charge in [0.25, 0.3) is 0 Å². The number of fused-ring (bicyclic) bond motifs is 1. The maximum absolute atomic E-state index is 13.6. The Labute approximate surface area is 257 Å². The van der Waals surface area contributed by atoms with Crippen LogP contribution in [0.25, 0.3) is 22.3 Å². The number of halogens is 3. The number of hydrogen-bond donors (Lipinski definition) is 4. The predicted molar refractivity (Wildman–Crippen MR) is 157 cm³/mol. The van der Waals surface area contributed by atoms with Gasteiger partial charge in [0.2, 0.25) is 5.82 Å². The Morgan fingerprint density at radius 2 is 1.93 bits per heavy atom. The number of piperidine rings is 1. The zero-order chi connectivity index (χ0) is 31.2. The van der Waals surface area contributed by atoms with E-state index in [0.29, 0.717) is 25.3 Å². The van der Waals surface area contributed by atoms with Gasteiger partial charge in [-0.05, 0) is 44.6 Å². The molecule has 4 aromatic rings. The van der Waals surface area contributed by atoms with Gasteiger partial charge < -0.3 is 25.6 Å². The molecule has 0 unspecified atom stereocenters. The number of alkyl halides is 3. The molecule has 0 atom stereocenters. The molecule has 3 aliphatic rings. The summed E-state index contributed by atoms with van der Waals surface area (Å²) in [4.78, 5) is 21.8. The number of anilines is 1. The molecule has 1 saturated heterocycles. The Balaban J connectivity index is 0.969. The number of aromatic nitrogens is 7. The Morgan fingerprint density at radius 3 is 2.67 bits per heavy atom. The molecule has 2 aliphatic carbocycles. The van der Waals surface area contributed by atoms with E-state index < -0.39 is 17.5 Å². The summed E-state index contributed by atoms with van der Waals surface area (Å²) in [5, 5.41) is 31.1. The Hall–Kier alpha value is -4.13. The monoisotopic (exact) mass is 621 g/mol. The Kier molecular flexibility index (Phi) is 7.66. The van der Waals surface area contributed by atoms with Gasteiger partial charge in [0.15, 0.2) is 0 Å². The quantitative estimate of drug-likeness (QED) is 0.218. The van der Waals surface area contributed by atoms with Crippen molar-refractivity contribution in [3.8, 4) is 17.3 Å². The van der Waals surface area contributed by atoms with Crippen LogP contribution in [-0.2, 0) is 18.3 Å². The molecule has 2 saturated carbocycles. The van der Waals surface area contributed by atoms with Gasteiger partial charge in [-0.1, -0.05) is 0 Å². The fraction of sp³-hybridized carbons (Fsp3) is 0.533. The van der Waals surface area contributed by atoms with Crippen molar-refractivity contribution in [2.75, 3.05) is 18.4 Å². The second kappa shape index (κ2) is 11.7. The van der Waals surface area contributed by atoms with Crippen molar-refractivity contribution in [1.82, 2.24) is 44.9 Å². The minimum absolute atomic E-state index is 0.0180. The van der Waals surface area contributed by atoms with Crippen molar-refractivity contribution >= 4 is 16.9 Å². The van der Waals surface area contributed by atoms with Crippen LogP contribution in [0.15, 0.2) is 37.1 Å². The maximum Gasteiger partial charge on any atom is 0.451 e. The van der Waals surface area contributed by atoms with Gasteiger partial charge in [0.05, 0.1) is 41.7 Å². The third kappa shape index (κ3) is 5.97. The molecule has 4 aromatic heterocycles. The van der Waals surface area contributed by atoms with Gasteiger partial charge in [-0.3, -0.25) is 4.68 Å². The molecule has 0 amide bonds. The molecule has 0 spiro atoms. The van der Waals surface area contributed by atoms with Crippen LogP contribution in [0.1, 0.15) is 56.5 Å². The van der Waals surface area contributed by atoms with Gasteiger partial charge in [0, 0.05) is 67.2 Å². The number of aliphatic hydroxyl groups excluding tert-OH is 1. The molecule has 4 N–H and O–H groups in total. The second-order valence-corrected chi connectivity index (χ2v) is 12.5. The number of nitrogens with zero attached hydrogens (tertiary/aromatic N) is 8. The minimum atomic E-state index is -4.65. The Morgan fingerprint density at radius 1 is 1.13 bits per heavy atom. The van der Waals surface area contributed by atoms with Gasteiger partial charge in [-0.25, -0.2) is 19.9 Å². The van der Waals surface area contributed by atoms with Gasteiger partial charge >= 0.3 is 6.18 Å². The predicted octanol–water partition coefficient (Wildman–Crippen LogP) is 3.59. The molecule has 1 aliphatic heterocycles. The average Bonchev–Trinajstić information content (AvgIpc) is 3.67. The Bertz CT molecular complexity index is 1690. The molecular weight excluding hydrogens is 587 g/mol. The summed E-state index contributed by atoms with van der Waals surface area (Å²) < 4.78 is 42.6. The summed E-state index contributed by atoms with van der Waals surface area (Å²) >= 11 is 0. The smallest absolute Gasteiger partial charge is 0.393 e. The van der Waals surface area contributed by atoms with E-state index in [2.05, 4.69) is 51.6 Å². The van der Waals surface area contributed by atoms with E-state index in [1.54, 1.807) is 12.3 Å². The van der Waals surface area contributed by atoms with Crippen molar-refractivity contribution in [3.05, 3.63) is 48.6 Å². The zero-order valence-corrected chi connectivity index (χ0v) is 24.5. The zero-order valence-electron chi connectivity index (χ0n) is 24.5. The van der Waals surface area contributed by atoms with E-state index in [1.807, 2.05) is 23.1 Å². The van der Waals surface area contributed by atoms with Crippen LogP contribution in [0, 0.1) is 11.3 Å². The van der Waals surface area contributed by atoms with Crippen LogP contribution in [0.3, 0.4) is 0 Å². The first kappa shape index (κ1) is 29.6. The third-order valence-corrected chi connectivity index (χ3v) is 9.45. The number of nitriles is 1. The number of nitrogens with one attached hydrogen (secondary N) is 3. The van der Waals surface area contributed by atoms with Crippen molar-refractivity contribution in [2.45, 2.75) is 87.4 Å². The van der Waals surface area contributed by atoms with Gasteiger partial charge in [0.1, 0.15) is 17.8 Å². The molecule has 3 fully saturated rings. The summed E-state index contributed by atoms with van der Waals surface area (Å²) in [5.74, 6) is -0.981. The summed E-state index contributed by atoms with van der Waals surface area (Å²) in [6.45, 7) is 1.75. The summed E-state index contributed by atoms with van der Waals surface area (Å²) in [5.41, 5.74) is 2.28. The first-order valence-electron chi connectivity index (χ1n) is 15.3. The highest BCUT2D eigenvalue weighted by molar-refractivity contribution is 5.90. The van der Waals surface area contributed by atoms with Crippen molar-refractivity contribution in [1.29, 1.82) is 5.26 Å². The van der Waals surface area contributed by atoms with E-state index in [-0.39, 0.29) is 36.2 Å². The molecule has 45 heavy (non-hydrogen) atoms. The summed E-state index contributed by atoms with van der Waals surface area (Å²) in [7, 11) is 0. The second-order valence-electron chi connectivity index (χ2n) is 12.5. The van der Waals surface area contributed by atoms with Crippen molar-refractivity contribution in [2.24, 2.45) is 0 Å². The number of H-pyrrole nitrogens is 1. The first-order valence-corrected chi connectivity index (χ1v) is 15.3. The minimum Gasteiger partial charge on any atom is -0.393 e. The van der Waals surface area contributed by atoms with Crippen LogP contribution in [-0.4, -0.2) is 82.0 Å². The van der Waals surface area contributed by atoms with E-state index in [1.165, 1.54) is 6.33 Å². The average molecular weight is 622 g/mol. The third-order valence-electron chi connectivity index (χ3n) is 9.45. The summed E-state index contributed by atoms with van der Waals surface area (Å²) in [6, 6.07) is 6.22. The fourth-order valence-electron chi connectivity index (χ4n) is 6.85. The number of likely N-dealkylation sites (tertiary alicyclic amines) is 1. The maximum atomic E-state index is 13.6. The van der Waals surface area contributed by atoms with E-state index in [4.69, 9.17) is 0 Å². The van der Waals surface area contributed by atoms with Crippen LogP contribution < -0.4 is 10.6 Å². The largest absolute Gasteiger partial charge is 0.451 e. The lowest BCUT2D eigenvalue weighted by Crippen LogP contribution is -2.58. The van der Waals surface area contributed by atoms with E-state index in [9.17, 15) is 23.5 Å². The van der Waals surface area contributed by atoms with Crippen LogP contribution in [0.2, 0.25) is 0 Å². The molecular formula is C30H34F3N11O. The van der Waals surface area contributed by atoms with Crippen LogP contribution in [0.4, 0.5) is 19.0 Å².